The first-order chi connectivity index (χ1) is 16.9. The van der Waals surface area contributed by atoms with Crippen molar-refractivity contribution in [1.29, 1.82) is 0 Å². The van der Waals surface area contributed by atoms with Crippen LogP contribution >= 0.6 is 15.9 Å². The molecule has 1 N–H and O–H groups in total. The Hall–Kier alpha value is -4.11. The van der Waals surface area contributed by atoms with Crippen LogP contribution in [0.1, 0.15) is 16.7 Å². The van der Waals surface area contributed by atoms with Crippen molar-refractivity contribution in [2.75, 3.05) is 11.7 Å². The van der Waals surface area contributed by atoms with Crippen molar-refractivity contribution in [1.82, 2.24) is 5.32 Å². The van der Waals surface area contributed by atoms with Gasteiger partial charge in [0.25, 0.3) is 11.8 Å². The predicted molar refractivity (Wildman–Crippen MR) is 131 cm³/mol. The standard InChI is InChI=1S/C26H19BrN2O6/c1-15-2-4-16(5-3-15)13-33-21-8-6-18(27)10-17(21)11-20-24(30)28-26(32)29(25(20)31)19-7-9-22-23(12-19)35-14-34-22/h2-12H,13-14H2,1H3,(H,28,30,32)/b20-11+. The van der Waals surface area contributed by atoms with Crippen LogP contribution in [-0.4, -0.2) is 24.6 Å². The molecule has 0 saturated carbocycles. The fourth-order valence-electron chi connectivity index (χ4n) is 3.68. The van der Waals surface area contributed by atoms with Crippen LogP contribution in [0.2, 0.25) is 0 Å². The van der Waals surface area contributed by atoms with Gasteiger partial charge in [0.2, 0.25) is 6.79 Å². The van der Waals surface area contributed by atoms with Crippen LogP contribution in [0.25, 0.3) is 6.08 Å². The van der Waals surface area contributed by atoms with Crippen molar-refractivity contribution in [3.05, 3.63) is 87.4 Å². The van der Waals surface area contributed by atoms with Crippen LogP contribution in [0, 0.1) is 6.92 Å². The first-order valence-electron chi connectivity index (χ1n) is 10.7. The number of fused-ring (bicyclic) bond motifs is 1. The van der Waals surface area contributed by atoms with Crippen LogP contribution in [0.15, 0.2) is 70.7 Å². The molecule has 35 heavy (non-hydrogen) atoms. The summed E-state index contributed by atoms with van der Waals surface area (Å²) in [6.45, 7) is 2.37. The maximum Gasteiger partial charge on any atom is 0.335 e. The molecule has 2 aliphatic rings. The van der Waals surface area contributed by atoms with E-state index in [2.05, 4.69) is 21.2 Å². The van der Waals surface area contributed by atoms with E-state index in [9.17, 15) is 14.4 Å². The van der Waals surface area contributed by atoms with Crippen molar-refractivity contribution in [3.63, 3.8) is 0 Å². The zero-order chi connectivity index (χ0) is 24.5. The van der Waals surface area contributed by atoms with E-state index in [4.69, 9.17) is 14.2 Å². The molecule has 0 radical (unpaired) electrons. The minimum absolute atomic E-state index is 0.0524. The molecule has 0 atom stereocenters. The molecule has 8 nitrogen and oxygen atoms in total. The number of benzene rings is 3. The van der Waals surface area contributed by atoms with Gasteiger partial charge in [0.15, 0.2) is 11.5 Å². The summed E-state index contributed by atoms with van der Waals surface area (Å²) in [5, 5.41) is 2.23. The Morgan fingerprint density at radius 1 is 1.00 bits per heavy atom. The van der Waals surface area contributed by atoms with Crippen LogP contribution in [-0.2, 0) is 16.2 Å². The Morgan fingerprint density at radius 2 is 1.77 bits per heavy atom. The van der Waals surface area contributed by atoms with Gasteiger partial charge in [-0.05, 0) is 48.9 Å². The lowest BCUT2D eigenvalue weighted by atomic mass is 10.1. The highest BCUT2D eigenvalue weighted by molar-refractivity contribution is 9.10. The Kier molecular flexibility index (Phi) is 6.00. The number of anilines is 1. The molecule has 2 heterocycles. The number of barbiturate groups is 1. The monoisotopic (exact) mass is 534 g/mol. The highest BCUT2D eigenvalue weighted by Gasteiger charge is 2.37. The number of urea groups is 1. The molecule has 2 aliphatic heterocycles. The number of ether oxygens (including phenoxy) is 3. The summed E-state index contributed by atoms with van der Waals surface area (Å²) in [5.74, 6) is -0.156. The molecule has 176 valence electrons. The average molecular weight is 535 g/mol. The third-order valence-electron chi connectivity index (χ3n) is 5.50. The minimum atomic E-state index is -0.846. The SMILES string of the molecule is Cc1ccc(COc2ccc(Br)cc2/C=C2\C(=O)NC(=O)N(c3ccc4c(c3)OCO4)C2=O)cc1. The summed E-state index contributed by atoms with van der Waals surface area (Å²) in [4.78, 5) is 39.4. The van der Waals surface area contributed by atoms with Crippen LogP contribution in [0.5, 0.6) is 17.2 Å². The topological polar surface area (TPSA) is 94.2 Å². The number of rotatable bonds is 5. The van der Waals surface area contributed by atoms with Gasteiger partial charge in [-0.25, -0.2) is 9.69 Å². The van der Waals surface area contributed by atoms with Crippen molar-refractivity contribution >= 4 is 45.5 Å². The van der Waals surface area contributed by atoms with Crippen molar-refractivity contribution in [2.24, 2.45) is 0 Å². The lowest BCUT2D eigenvalue weighted by Crippen LogP contribution is -2.54. The molecule has 1 saturated heterocycles. The Morgan fingerprint density at radius 3 is 2.57 bits per heavy atom. The summed E-state index contributed by atoms with van der Waals surface area (Å²) in [6, 6.07) is 17.0. The van der Waals surface area contributed by atoms with E-state index in [1.54, 1.807) is 30.3 Å². The Balaban J connectivity index is 1.46. The van der Waals surface area contributed by atoms with Gasteiger partial charge < -0.3 is 14.2 Å². The molecule has 0 spiro atoms. The lowest BCUT2D eigenvalue weighted by molar-refractivity contribution is -0.122. The van der Waals surface area contributed by atoms with E-state index in [0.29, 0.717) is 29.4 Å². The number of aryl methyl sites for hydroxylation is 1. The summed E-state index contributed by atoms with van der Waals surface area (Å²) >= 11 is 3.42. The molecule has 0 aromatic heterocycles. The predicted octanol–water partition coefficient (Wildman–Crippen LogP) is 4.73. The van der Waals surface area contributed by atoms with E-state index in [1.165, 1.54) is 12.1 Å². The zero-order valence-corrected chi connectivity index (χ0v) is 20.1. The smallest absolute Gasteiger partial charge is 0.335 e. The number of carbonyl (C=O) groups excluding carboxylic acids is 3. The van der Waals surface area contributed by atoms with E-state index in [0.717, 1.165) is 20.5 Å². The second-order valence-corrected chi connectivity index (χ2v) is 8.87. The second kappa shape index (κ2) is 9.27. The molecule has 0 aliphatic carbocycles. The summed E-state index contributed by atoms with van der Waals surface area (Å²) in [6.07, 6.45) is 1.42. The molecule has 5 rings (SSSR count). The molecule has 0 bridgehead atoms. The minimum Gasteiger partial charge on any atom is -0.488 e. The number of halogens is 1. The largest absolute Gasteiger partial charge is 0.488 e. The number of amides is 4. The number of nitrogens with one attached hydrogen (secondary N) is 1. The highest BCUT2D eigenvalue weighted by atomic mass is 79.9. The zero-order valence-electron chi connectivity index (χ0n) is 18.5. The molecule has 3 aromatic carbocycles. The number of hydrogen-bond donors (Lipinski definition) is 1. The van der Waals surface area contributed by atoms with Gasteiger partial charge in [-0.3, -0.25) is 14.9 Å². The molecule has 4 amide bonds. The number of nitrogens with zero attached hydrogens (tertiary/aromatic N) is 1. The Bertz CT molecular complexity index is 1380. The molecule has 1 fully saturated rings. The van der Waals surface area contributed by atoms with Gasteiger partial charge in [0.1, 0.15) is 17.9 Å². The number of carbonyl (C=O) groups is 3. The number of hydrogen-bond acceptors (Lipinski definition) is 6. The van der Waals surface area contributed by atoms with E-state index in [-0.39, 0.29) is 18.1 Å². The third kappa shape index (κ3) is 4.63. The molecular weight excluding hydrogens is 516 g/mol. The van der Waals surface area contributed by atoms with Gasteiger partial charge >= 0.3 is 6.03 Å². The highest BCUT2D eigenvalue weighted by Crippen LogP contribution is 2.36. The fourth-order valence-corrected chi connectivity index (χ4v) is 4.06. The van der Waals surface area contributed by atoms with Gasteiger partial charge in [0, 0.05) is 16.1 Å². The quantitative estimate of drug-likeness (QED) is 0.375. The van der Waals surface area contributed by atoms with Crippen LogP contribution < -0.4 is 24.4 Å². The first kappa shape index (κ1) is 22.7. The van der Waals surface area contributed by atoms with Gasteiger partial charge in [-0.15, -0.1) is 0 Å². The number of imide groups is 2. The van der Waals surface area contributed by atoms with E-state index < -0.39 is 17.8 Å². The van der Waals surface area contributed by atoms with Crippen molar-refractivity contribution in [3.8, 4) is 17.2 Å². The third-order valence-corrected chi connectivity index (χ3v) is 6.00. The molecular formula is C26H19BrN2O6. The van der Waals surface area contributed by atoms with Crippen LogP contribution in [0.3, 0.4) is 0 Å². The normalized spacial score (nSPS) is 16.0. The first-order valence-corrected chi connectivity index (χ1v) is 11.5. The summed E-state index contributed by atoms with van der Waals surface area (Å²) in [7, 11) is 0. The summed E-state index contributed by atoms with van der Waals surface area (Å²) < 4.78 is 17.4. The van der Waals surface area contributed by atoms with E-state index in [1.807, 2.05) is 31.2 Å². The Labute approximate surface area is 209 Å². The summed E-state index contributed by atoms with van der Waals surface area (Å²) in [5.41, 5.74) is 2.67. The van der Waals surface area contributed by atoms with Crippen molar-refractivity contribution < 1.29 is 28.6 Å². The maximum absolute atomic E-state index is 13.3. The van der Waals surface area contributed by atoms with Crippen LogP contribution in [0.4, 0.5) is 10.5 Å². The molecule has 3 aromatic rings. The van der Waals surface area contributed by atoms with Gasteiger partial charge in [-0.1, -0.05) is 45.8 Å². The molecule has 0 unspecified atom stereocenters. The fraction of sp³-hybridized carbons (Fsp3) is 0.115. The molecule has 9 heteroatoms. The van der Waals surface area contributed by atoms with E-state index >= 15 is 0 Å². The average Bonchev–Trinajstić information content (AvgIpc) is 3.30. The van der Waals surface area contributed by atoms with Gasteiger partial charge in [0.05, 0.1) is 5.69 Å². The maximum atomic E-state index is 13.3. The van der Waals surface area contributed by atoms with Gasteiger partial charge in [-0.2, -0.15) is 0 Å². The van der Waals surface area contributed by atoms with Crippen molar-refractivity contribution in [2.45, 2.75) is 13.5 Å². The lowest BCUT2D eigenvalue weighted by Gasteiger charge is -2.26. The second-order valence-electron chi connectivity index (χ2n) is 7.95.